The van der Waals surface area contributed by atoms with E-state index in [4.69, 9.17) is 16.3 Å². The quantitative estimate of drug-likeness (QED) is 0.770. The van der Waals surface area contributed by atoms with Crippen LogP contribution in [0.1, 0.15) is 39.2 Å². The summed E-state index contributed by atoms with van der Waals surface area (Å²) in [4.78, 5) is 0. The smallest absolute Gasteiger partial charge is 0.0721 e. The summed E-state index contributed by atoms with van der Waals surface area (Å²) in [5, 5.41) is 4.19. The topological polar surface area (TPSA) is 21.3 Å². The fraction of sp³-hybridized carbons (Fsp3) is 0.600. The molecule has 0 aliphatic heterocycles. The number of ether oxygens (including phenoxy) is 1. The molecule has 18 heavy (non-hydrogen) atoms. The average molecular weight is 270 g/mol. The number of nitrogens with one attached hydrogen (secondary N) is 1. The maximum Gasteiger partial charge on any atom is 0.0721 e. The largest absolute Gasteiger partial charge is 0.372 e. The fourth-order valence-corrected chi connectivity index (χ4v) is 1.99. The summed E-state index contributed by atoms with van der Waals surface area (Å²) in [5.74, 6) is 0. The van der Waals surface area contributed by atoms with Gasteiger partial charge in [-0.3, -0.25) is 0 Å². The highest BCUT2D eigenvalue weighted by Gasteiger charge is 2.09. The van der Waals surface area contributed by atoms with E-state index in [2.05, 4.69) is 26.1 Å². The second-order valence-corrected chi connectivity index (χ2v) is 5.35. The summed E-state index contributed by atoms with van der Waals surface area (Å²) in [6, 6.07) is 8.35. The molecule has 1 aromatic rings. The van der Waals surface area contributed by atoms with Crippen molar-refractivity contribution in [3.63, 3.8) is 0 Å². The lowest BCUT2D eigenvalue weighted by Crippen LogP contribution is -2.33. The van der Waals surface area contributed by atoms with Gasteiger partial charge in [0.1, 0.15) is 0 Å². The van der Waals surface area contributed by atoms with E-state index in [1.807, 2.05) is 24.3 Å². The standard InChI is InChI=1S/C15H24ClNO/c1-4-6-15(10-17-12(2)3)18-11-13-7-5-8-14(16)9-13/h5,7-9,12,15,17H,4,6,10-11H2,1-3H3. The van der Waals surface area contributed by atoms with Crippen LogP contribution in [0.15, 0.2) is 24.3 Å². The summed E-state index contributed by atoms with van der Waals surface area (Å²) >= 11 is 5.96. The number of benzene rings is 1. The molecule has 2 nitrogen and oxygen atoms in total. The molecule has 0 bridgehead atoms. The van der Waals surface area contributed by atoms with Crippen LogP contribution in [0.2, 0.25) is 5.02 Å². The van der Waals surface area contributed by atoms with Crippen molar-refractivity contribution in [3.05, 3.63) is 34.9 Å². The first-order valence-corrected chi connectivity index (χ1v) is 7.09. The van der Waals surface area contributed by atoms with Crippen molar-refractivity contribution < 1.29 is 4.74 Å². The molecule has 1 aromatic carbocycles. The van der Waals surface area contributed by atoms with Crippen LogP contribution in [0.5, 0.6) is 0 Å². The van der Waals surface area contributed by atoms with Crippen molar-refractivity contribution in [1.29, 1.82) is 0 Å². The third-order valence-electron chi connectivity index (χ3n) is 2.74. The normalized spacial score (nSPS) is 12.9. The van der Waals surface area contributed by atoms with Crippen LogP contribution in [0.3, 0.4) is 0 Å². The Hall–Kier alpha value is -0.570. The molecule has 0 amide bonds. The lowest BCUT2D eigenvalue weighted by atomic mass is 10.2. The van der Waals surface area contributed by atoms with Crippen molar-refractivity contribution in [3.8, 4) is 0 Å². The van der Waals surface area contributed by atoms with E-state index in [0.717, 1.165) is 30.0 Å². The third-order valence-corrected chi connectivity index (χ3v) is 2.97. The minimum Gasteiger partial charge on any atom is -0.372 e. The van der Waals surface area contributed by atoms with Gasteiger partial charge in [-0.05, 0) is 24.1 Å². The zero-order valence-electron chi connectivity index (χ0n) is 11.6. The van der Waals surface area contributed by atoms with E-state index in [1.54, 1.807) is 0 Å². The van der Waals surface area contributed by atoms with Crippen LogP contribution in [-0.4, -0.2) is 18.7 Å². The molecular weight excluding hydrogens is 246 g/mol. The molecule has 1 atom stereocenters. The molecule has 0 aliphatic carbocycles. The number of hydrogen-bond donors (Lipinski definition) is 1. The van der Waals surface area contributed by atoms with Gasteiger partial charge in [0, 0.05) is 17.6 Å². The highest BCUT2D eigenvalue weighted by atomic mass is 35.5. The molecule has 0 aromatic heterocycles. The monoisotopic (exact) mass is 269 g/mol. The summed E-state index contributed by atoms with van der Waals surface area (Å²) in [7, 11) is 0. The molecule has 0 saturated carbocycles. The third kappa shape index (κ3) is 6.39. The lowest BCUT2D eigenvalue weighted by Gasteiger charge is -2.19. The Bertz CT molecular complexity index is 341. The van der Waals surface area contributed by atoms with Gasteiger partial charge in [-0.1, -0.05) is 50.9 Å². The molecule has 1 unspecified atom stereocenters. The van der Waals surface area contributed by atoms with E-state index >= 15 is 0 Å². The maximum atomic E-state index is 5.96. The molecule has 102 valence electrons. The minimum absolute atomic E-state index is 0.274. The molecule has 0 aliphatic rings. The first-order valence-electron chi connectivity index (χ1n) is 6.71. The highest BCUT2D eigenvalue weighted by Crippen LogP contribution is 2.13. The average Bonchev–Trinajstić information content (AvgIpc) is 2.32. The van der Waals surface area contributed by atoms with Crippen LogP contribution >= 0.6 is 11.6 Å². The van der Waals surface area contributed by atoms with Crippen molar-refractivity contribution >= 4 is 11.6 Å². The van der Waals surface area contributed by atoms with Gasteiger partial charge < -0.3 is 10.1 Å². The number of rotatable bonds is 8. The Morgan fingerprint density at radius 1 is 1.33 bits per heavy atom. The summed E-state index contributed by atoms with van der Waals surface area (Å²) < 4.78 is 5.95. The first kappa shape index (κ1) is 15.5. The lowest BCUT2D eigenvalue weighted by molar-refractivity contribution is 0.0337. The van der Waals surface area contributed by atoms with Crippen LogP contribution in [0.25, 0.3) is 0 Å². The fourth-order valence-electron chi connectivity index (χ4n) is 1.77. The van der Waals surface area contributed by atoms with E-state index in [1.165, 1.54) is 0 Å². The maximum absolute atomic E-state index is 5.96. The highest BCUT2D eigenvalue weighted by molar-refractivity contribution is 6.30. The second kappa shape index (κ2) is 8.52. The Labute approximate surface area is 116 Å². The van der Waals surface area contributed by atoms with Gasteiger partial charge in [0.2, 0.25) is 0 Å². The minimum atomic E-state index is 0.274. The van der Waals surface area contributed by atoms with E-state index in [0.29, 0.717) is 12.6 Å². The van der Waals surface area contributed by atoms with E-state index in [9.17, 15) is 0 Å². The van der Waals surface area contributed by atoms with Crippen LogP contribution in [0.4, 0.5) is 0 Å². The molecule has 0 radical (unpaired) electrons. The van der Waals surface area contributed by atoms with Gasteiger partial charge in [0.15, 0.2) is 0 Å². The van der Waals surface area contributed by atoms with Gasteiger partial charge in [0.25, 0.3) is 0 Å². The second-order valence-electron chi connectivity index (χ2n) is 4.91. The molecule has 0 saturated heterocycles. The van der Waals surface area contributed by atoms with E-state index < -0.39 is 0 Å². The Morgan fingerprint density at radius 2 is 2.11 bits per heavy atom. The molecule has 1 rings (SSSR count). The molecule has 0 spiro atoms. The summed E-state index contributed by atoms with van der Waals surface area (Å²) in [6.07, 6.45) is 2.50. The van der Waals surface area contributed by atoms with Gasteiger partial charge in [-0.15, -0.1) is 0 Å². The summed E-state index contributed by atoms with van der Waals surface area (Å²) in [6.45, 7) is 8.03. The Balaban J connectivity index is 2.41. The predicted octanol–water partition coefficient (Wildman–Crippen LogP) is 4.02. The van der Waals surface area contributed by atoms with Gasteiger partial charge in [-0.25, -0.2) is 0 Å². The van der Waals surface area contributed by atoms with Gasteiger partial charge in [0.05, 0.1) is 12.7 Å². The van der Waals surface area contributed by atoms with Crippen LogP contribution < -0.4 is 5.32 Å². The number of hydrogen-bond acceptors (Lipinski definition) is 2. The van der Waals surface area contributed by atoms with Gasteiger partial charge >= 0.3 is 0 Å². The number of halogens is 1. The Morgan fingerprint density at radius 3 is 2.72 bits per heavy atom. The molecule has 1 N–H and O–H groups in total. The van der Waals surface area contributed by atoms with Crippen LogP contribution in [-0.2, 0) is 11.3 Å². The van der Waals surface area contributed by atoms with Crippen molar-refractivity contribution in [1.82, 2.24) is 5.32 Å². The SMILES string of the molecule is CCCC(CNC(C)C)OCc1cccc(Cl)c1. The Kier molecular flexibility index (Phi) is 7.33. The van der Waals surface area contributed by atoms with Gasteiger partial charge in [-0.2, -0.15) is 0 Å². The van der Waals surface area contributed by atoms with Crippen molar-refractivity contribution in [2.45, 2.75) is 52.4 Å². The van der Waals surface area contributed by atoms with Crippen molar-refractivity contribution in [2.75, 3.05) is 6.54 Å². The first-order chi connectivity index (χ1) is 8.61. The molecular formula is C15H24ClNO. The molecule has 3 heteroatoms. The van der Waals surface area contributed by atoms with Crippen LogP contribution in [0, 0.1) is 0 Å². The zero-order valence-corrected chi connectivity index (χ0v) is 12.3. The van der Waals surface area contributed by atoms with E-state index in [-0.39, 0.29) is 6.10 Å². The molecule has 0 fully saturated rings. The molecule has 0 heterocycles. The van der Waals surface area contributed by atoms with Crippen molar-refractivity contribution in [2.24, 2.45) is 0 Å². The zero-order chi connectivity index (χ0) is 13.4. The summed E-state index contributed by atoms with van der Waals surface area (Å²) in [5.41, 5.74) is 1.13. The predicted molar refractivity (Wildman–Crippen MR) is 78.1 cm³/mol.